The molecule has 0 N–H and O–H groups in total. The summed E-state index contributed by atoms with van der Waals surface area (Å²) >= 11 is 0. The number of hydrogen-bond donors (Lipinski definition) is 0. The normalized spacial score (nSPS) is 36.9. The molecular weight excluding hydrogens is 374 g/mol. The van der Waals surface area contributed by atoms with E-state index >= 15 is 0 Å². The highest BCUT2D eigenvalue weighted by atomic mass is 35.5. The first-order chi connectivity index (χ1) is 13.0. The number of piperidine rings is 1. The van der Waals surface area contributed by atoms with Gasteiger partial charge in [0.25, 0.3) is 0 Å². The number of halogens is 1. The molecule has 5 heteroatoms. The molecule has 1 aliphatic heterocycles. The van der Waals surface area contributed by atoms with E-state index in [9.17, 15) is 4.79 Å². The van der Waals surface area contributed by atoms with Crippen molar-refractivity contribution in [1.82, 2.24) is 4.90 Å². The molecule has 4 atom stereocenters. The number of benzene rings is 1. The van der Waals surface area contributed by atoms with Crippen LogP contribution >= 0.6 is 12.4 Å². The maximum atomic E-state index is 12.8. The number of Topliss-reactive ketones (excluding diaryl/α,β-unsaturated/α-hetero) is 1. The van der Waals surface area contributed by atoms with Gasteiger partial charge < -0.3 is 9.47 Å². The van der Waals surface area contributed by atoms with Gasteiger partial charge >= 0.3 is 0 Å². The number of methoxy groups -OCH3 is 2. The lowest BCUT2D eigenvalue weighted by molar-refractivity contribution is -0.210. The lowest BCUT2D eigenvalue weighted by Gasteiger charge is -2.67. The van der Waals surface area contributed by atoms with Gasteiger partial charge in [-0.25, -0.2) is 0 Å². The number of ether oxygens (including phenoxy) is 2. The Morgan fingerprint density at radius 1 is 1.21 bits per heavy atom. The van der Waals surface area contributed by atoms with Crippen molar-refractivity contribution in [3.8, 4) is 5.75 Å². The third kappa shape index (κ3) is 2.60. The van der Waals surface area contributed by atoms with Crippen LogP contribution in [0.2, 0.25) is 0 Å². The molecule has 2 bridgehead atoms. The Labute approximate surface area is 174 Å². The lowest BCUT2D eigenvalue weighted by Crippen LogP contribution is -2.76. The van der Waals surface area contributed by atoms with Gasteiger partial charge in [0.05, 0.1) is 12.7 Å². The predicted molar refractivity (Wildman–Crippen MR) is 111 cm³/mol. The van der Waals surface area contributed by atoms with Crippen molar-refractivity contribution in [3.63, 3.8) is 0 Å². The van der Waals surface area contributed by atoms with E-state index in [2.05, 4.69) is 30.0 Å². The average Bonchev–Trinajstić information content (AvgIpc) is 3.47. The second kappa shape index (κ2) is 7.00. The van der Waals surface area contributed by atoms with E-state index in [0.29, 0.717) is 24.7 Å². The zero-order valence-corrected chi connectivity index (χ0v) is 18.0. The standard InChI is InChI=1S/C23H31NO3.ClH/c1-15-10-18(25)13-22-8-9-24(14-16-4-5-16)21(23(15,22)27-3)11-17-6-7-19(26-2)12-20(17)22;/h6-7,12,15-16,21H,4-5,8-11,13-14H2,1-3H3;1H/t15?,21-,22-,23-;/m1./s1. The second-order valence-electron chi connectivity index (χ2n) is 9.33. The van der Waals surface area contributed by atoms with Gasteiger partial charge in [-0.1, -0.05) is 13.0 Å². The largest absolute Gasteiger partial charge is 0.497 e. The minimum Gasteiger partial charge on any atom is -0.497 e. The summed E-state index contributed by atoms with van der Waals surface area (Å²) in [6.07, 6.45) is 6.01. The monoisotopic (exact) mass is 405 g/mol. The Balaban J connectivity index is 0.00000192. The molecule has 3 aliphatic carbocycles. The molecule has 1 saturated heterocycles. The summed E-state index contributed by atoms with van der Waals surface area (Å²) in [5.74, 6) is 2.37. The van der Waals surface area contributed by atoms with Crippen LogP contribution in [0.5, 0.6) is 5.75 Å². The van der Waals surface area contributed by atoms with E-state index < -0.39 is 0 Å². The Morgan fingerprint density at radius 2 is 2.00 bits per heavy atom. The Bertz CT molecular complexity index is 779. The van der Waals surface area contributed by atoms with Crippen molar-refractivity contribution in [3.05, 3.63) is 29.3 Å². The van der Waals surface area contributed by atoms with Gasteiger partial charge in [-0.05, 0) is 67.3 Å². The maximum absolute atomic E-state index is 12.8. The quantitative estimate of drug-likeness (QED) is 0.764. The minimum absolute atomic E-state index is 0. The number of carbonyl (C=O) groups is 1. The maximum Gasteiger partial charge on any atom is 0.134 e. The molecule has 3 fully saturated rings. The molecular formula is C23H32ClNO3. The minimum atomic E-state index is -0.284. The van der Waals surface area contributed by atoms with Crippen molar-refractivity contribution in [2.45, 2.75) is 62.5 Å². The van der Waals surface area contributed by atoms with Gasteiger partial charge in [-0.2, -0.15) is 0 Å². The molecule has 4 nitrogen and oxygen atoms in total. The van der Waals surface area contributed by atoms with Gasteiger partial charge in [-0.3, -0.25) is 9.69 Å². The SMILES string of the molecule is COc1ccc2c(c1)[C@]13CCN(CC4CC4)[C@H](C2)[C@]1(OC)C(C)CC(=O)C3.Cl. The smallest absolute Gasteiger partial charge is 0.134 e. The molecule has 1 heterocycles. The zero-order chi connectivity index (χ0) is 18.8. The summed E-state index contributed by atoms with van der Waals surface area (Å²) < 4.78 is 12.1. The highest BCUT2D eigenvalue weighted by Gasteiger charge is 2.68. The van der Waals surface area contributed by atoms with Crippen molar-refractivity contribution < 1.29 is 14.3 Å². The van der Waals surface area contributed by atoms with Gasteiger partial charge in [0, 0.05) is 38.0 Å². The molecule has 1 aromatic carbocycles. The van der Waals surface area contributed by atoms with Crippen LogP contribution in [0.25, 0.3) is 0 Å². The fraction of sp³-hybridized carbons (Fsp3) is 0.696. The van der Waals surface area contributed by atoms with Gasteiger partial charge in [0.15, 0.2) is 0 Å². The fourth-order valence-corrected chi connectivity index (χ4v) is 6.82. The number of fused-ring (bicyclic) bond motifs is 1. The predicted octanol–water partition coefficient (Wildman–Crippen LogP) is 3.78. The van der Waals surface area contributed by atoms with E-state index in [4.69, 9.17) is 9.47 Å². The van der Waals surface area contributed by atoms with Gasteiger partial charge in [0.2, 0.25) is 0 Å². The molecule has 0 aromatic heterocycles. The number of ketones is 1. The summed E-state index contributed by atoms with van der Waals surface area (Å²) in [6.45, 7) is 4.51. The Hall–Kier alpha value is -1.10. The average molecular weight is 406 g/mol. The van der Waals surface area contributed by atoms with Crippen molar-refractivity contribution in [2.75, 3.05) is 27.3 Å². The molecule has 5 rings (SSSR count). The first-order valence-electron chi connectivity index (χ1n) is 10.5. The molecule has 0 spiro atoms. The number of carbonyl (C=O) groups excluding carboxylic acids is 1. The van der Waals surface area contributed by atoms with Crippen LogP contribution in [0.1, 0.15) is 50.2 Å². The zero-order valence-electron chi connectivity index (χ0n) is 17.2. The van der Waals surface area contributed by atoms with E-state index in [1.807, 2.05) is 7.11 Å². The topological polar surface area (TPSA) is 38.8 Å². The summed E-state index contributed by atoms with van der Waals surface area (Å²) in [6, 6.07) is 6.86. The molecule has 1 aromatic rings. The van der Waals surface area contributed by atoms with Crippen molar-refractivity contribution in [2.24, 2.45) is 11.8 Å². The fourth-order valence-electron chi connectivity index (χ4n) is 6.82. The highest BCUT2D eigenvalue weighted by Crippen LogP contribution is 2.61. The molecule has 154 valence electrons. The first kappa shape index (κ1) is 20.2. The van der Waals surface area contributed by atoms with Crippen LogP contribution < -0.4 is 4.74 Å². The van der Waals surface area contributed by atoms with Crippen molar-refractivity contribution >= 4 is 18.2 Å². The number of likely N-dealkylation sites (tertiary alicyclic amines) is 1. The number of nitrogens with zero attached hydrogens (tertiary/aromatic N) is 1. The van der Waals surface area contributed by atoms with E-state index in [1.54, 1.807) is 7.11 Å². The third-order valence-corrected chi connectivity index (χ3v) is 8.05. The lowest BCUT2D eigenvalue weighted by atomic mass is 9.46. The summed E-state index contributed by atoms with van der Waals surface area (Å²) in [5, 5.41) is 0. The summed E-state index contributed by atoms with van der Waals surface area (Å²) in [7, 11) is 3.61. The molecule has 28 heavy (non-hydrogen) atoms. The Morgan fingerprint density at radius 3 is 2.68 bits per heavy atom. The van der Waals surface area contributed by atoms with E-state index in [0.717, 1.165) is 31.1 Å². The van der Waals surface area contributed by atoms with E-state index in [1.165, 1.54) is 30.5 Å². The van der Waals surface area contributed by atoms with Crippen molar-refractivity contribution in [1.29, 1.82) is 0 Å². The van der Waals surface area contributed by atoms with Crippen LogP contribution in [0.15, 0.2) is 18.2 Å². The van der Waals surface area contributed by atoms with Crippen LogP contribution in [0.3, 0.4) is 0 Å². The van der Waals surface area contributed by atoms with Crippen LogP contribution in [0.4, 0.5) is 0 Å². The van der Waals surface area contributed by atoms with Gasteiger partial charge in [0.1, 0.15) is 11.5 Å². The Kier molecular flexibility index (Phi) is 5.05. The van der Waals surface area contributed by atoms with E-state index in [-0.39, 0.29) is 29.3 Å². The second-order valence-corrected chi connectivity index (χ2v) is 9.33. The van der Waals surface area contributed by atoms with Crippen LogP contribution in [-0.4, -0.2) is 49.6 Å². The third-order valence-electron chi connectivity index (χ3n) is 8.05. The summed E-state index contributed by atoms with van der Waals surface area (Å²) in [5.41, 5.74) is 2.19. The highest BCUT2D eigenvalue weighted by molar-refractivity contribution is 5.85. The number of hydrogen-bond acceptors (Lipinski definition) is 4. The van der Waals surface area contributed by atoms with Crippen LogP contribution in [0, 0.1) is 11.8 Å². The molecule has 0 amide bonds. The number of rotatable bonds is 4. The molecule has 2 saturated carbocycles. The molecule has 1 unspecified atom stereocenters. The first-order valence-corrected chi connectivity index (χ1v) is 10.5. The molecule has 0 radical (unpaired) electrons. The van der Waals surface area contributed by atoms with Gasteiger partial charge in [-0.15, -0.1) is 12.4 Å². The summed E-state index contributed by atoms with van der Waals surface area (Å²) in [4.78, 5) is 15.5. The molecule has 4 aliphatic rings. The van der Waals surface area contributed by atoms with Crippen LogP contribution in [-0.2, 0) is 21.4 Å².